The number of nitrogens with zero attached hydrogens (tertiary/aromatic N) is 1. The molecule has 52 heavy (non-hydrogen) atoms. The van der Waals surface area contributed by atoms with E-state index in [-0.39, 0.29) is 53.8 Å². The van der Waals surface area contributed by atoms with Crippen LogP contribution in [0.25, 0.3) is 10.8 Å². The summed E-state index contributed by atoms with van der Waals surface area (Å²) in [4.78, 5) is 18.4. The standard InChI is InChI=1S/C42H48N2O8/c1-26(2)5-4-18-52-40-22-28(20-38(49)42(40)50)8-14-36(47)34(35(46)13-6-27-7-15-37(48)39(21-27)51-3)19-29-16-17-43-41(23-29)44-32-11-9-31-25-33(45)12-10-30(31)24-32/h7,9-12,15-17,20-26,34-35,45-46,48-50H,4-6,8,13-14,18-19H2,1-3H3,(H,43,44). The number of aromatic nitrogens is 1. The van der Waals surface area contributed by atoms with Crippen LogP contribution in [0.3, 0.4) is 0 Å². The third kappa shape index (κ3) is 10.3. The van der Waals surface area contributed by atoms with Gasteiger partial charge in [-0.25, -0.2) is 4.98 Å². The smallest absolute Gasteiger partial charge is 0.200 e. The number of ketones is 1. The number of fused-ring (bicyclic) bond motifs is 1. The van der Waals surface area contributed by atoms with Crippen molar-refractivity contribution in [3.05, 3.63) is 102 Å². The van der Waals surface area contributed by atoms with Gasteiger partial charge in [0.1, 0.15) is 17.4 Å². The molecule has 0 spiro atoms. The first kappa shape index (κ1) is 37.8. The molecular formula is C42H48N2O8. The number of methoxy groups -OCH3 is 1. The van der Waals surface area contributed by atoms with E-state index in [1.807, 2.05) is 36.4 Å². The lowest BCUT2D eigenvalue weighted by Crippen LogP contribution is -2.31. The number of hydrogen-bond donors (Lipinski definition) is 6. The molecule has 10 nitrogen and oxygen atoms in total. The number of phenols is 4. The first-order valence-electron chi connectivity index (χ1n) is 17.7. The van der Waals surface area contributed by atoms with Gasteiger partial charge in [-0.1, -0.05) is 32.0 Å². The SMILES string of the molecule is COc1cc(CCC(O)C(Cc2ccnc(Nc3ccc4cc(O)ccc4c3)c2)C(=O)CCc2cc(O)c(O)c(OCCCC(C)C)c2)ccc1O. The van der Waals surface area contributed by atoms with E-state index in [0.717, 1.165) is 40.4 Å². The van der Waals surface area contributed by atoms with Gasteiger partial charge in [-0.05, 0) is 133 Å². The van der Waals surface area contributed by atoms with Crippen LogP contribution >= 0.6 is 0 Å². The van der Waals surface area contributed by atoms with Crippen molar-refractivity contribution in [2.45, 2.75) is 64.9 Å². The first-order valence-corrected chi connectivity index (χ1v) is 17.7. The fourth-order valence-electron chi connectivity index (χ4n) is 6.27. The Bertz CT molecular complexity index is 1980. The largest absolute Gasteiger partial charge is 0.508 e. The summed E-state index contributed by atoms with van der Waals surface area (Å²) >= 11 is 0. The van der Waals surface area contributed by atoms with Crippen molar-refractivity contribution in [3.63, 3.8) is 0 Å². The Balaban J connectivity index is 1.32. The normalized spacial score (nSPS) is 12.5. The predicted octanol–water partition coefficient (Wildman–Crippen LogP) is 7.98. The second-order valence-corrected chi connectivity index (χ2v) is 13.7. The van der Waals surface area contributed by atoms with Crippen LogP contribution in [-0.4, -0.2) is 56.1 Å². The number of pyridine rings is 1. The highest BCUT2D eigenvalue weighted by Gasteiger charge is 2.27. The molecule has 0 aliphatic rings. The number of carbonyl (C=O) groups excluding carboxylic acids is 1. The van der Waals surface area contributed by atoms with Gasteiger partial charge < -0.3 is 40.3 Å². The van der Waals surface area contributed by atoms with Crippen LogP contribution in [0.15, 0.2) is 85.1 Å². The molecule has 0 aliphatic heterocycles. The summed E-state index contributed by atoms with van der Waals surface area (Å²) in [5.41, 5.74) is 3.10. The molecule has 1 heterocycles. The third-order valence-corrected chi connectivity index (χ3v) is 9.19. The summed E-state index contributed by atoms with van der Waals surface area (Å²) in [6.45, 7) is 4.64. The van der Waals surface area contributed by atoms with Gasteiger partial charge in [0.05, 0.1) is 19.8 Å². The zero-order chi connectivity index (χ0) is 37.2. The van der Waals surface area contributed by atoms with Gasteiger partial charge >= 0.3 is 0 Å². The molecule has 5 rings (SSSR count). The maximum atomic E-state index is 13.9. The lowest BCUT2D eigenvalue weighted by atomic mass is 9.85. The summed E-state index contributed by atoms with van der Waals surface area (Å²) in [5, 5.41) is 57.3. The fourth-order valence-corrected chi connectivity index (χ4v) is 6.27. The van der Waals surface area contributed by atoms with E-state index in [4.69, 9.17) is 9.47 Å². The molecule has 0 saturated heterocycles. The number of rotatable bonds is 18. The maximum absolute atomic E-state index is 13.9. The summed E-state index contributed by atoms with van der Waals surface area (Å²) in [5.74, 6) is 0.287. The second-order valence-electron chi connectivity index (χ2n) is 13.7. The van der Waals surface area contributed by atoms with E-state index < -0.39 is 12.0 Å². The number of aromatic hydroxyl groups is 4. The average molecular weight is 709 g/mol. The van der Waals surface area contributed by atoms with Crippen molar-refractivity contribution >= 4 is 28.1 Å². The van der Waals surface area contributed by atoms with Crippen LogP contribution in [-0.2, 0) is 24.1 Å². The minimum absolute atomic E-state index is 0.0225. The first-order chi connectivity index (χ1) is 25.0. The highest BCUT2D eigenvalue weighted by Crippen LogP contribution is 2.37. The van der Waals surface area contributed by atoms with Gasteiger partial charge in [-0.3, -0.25) is 4.79 Å². The average Bonchev–Trinajstić information content (AvgIpc) is 3.12. The Kier molecular flexibility index (Phi) is 12.8. The molecule has 2 atom stereocenters. The molecule has 0 fully saturated rings. The summed E-state index contributed by atoms with van der Waals surface area (Å²) < 4.78 is 11.0. The number of benzene rings is 4. The molecule has 5 aromatic rings. The van der Waals surface area contributed by atoms with Crippen molar-refractivity contribution in [2.24, 2.45) is 11.8 Å². The zero-order valence-corrected chi connectivity index (χ0v) is 29.9. The molecule has 2 unspecified atom stereocenters. The van der Waals surface area contributed by atoms with E-state index in [0.29, 0.717) is 42.5 Å². The predicted molar refractivity (Wildman–Crippen MR) is 202 cm³/mol. The number of Topliss-reactive ketones (excluding diaryl/α,β-unsaturated/α-hetero) is 1. The van der Waals surface area contributed by atoms with Crippen LogP contribution in [0.4, 0.5) is 11.5 Å². The number of aliphatic hydroxyl groups is 1. The molecule has 274 valence electrons. The number of phenolic OH excluding ortho intramolecular Hbond substituents is 4. The monoisotopic (exact) mass is 708 g/mol. The number of anilines is 2. The van der Waals surface area contributed by atoms with Gasteiger partial charge in [0.25, 0.3) is 0 Å². The van der Waals surface area contributed by atoms with Crippen molar-refractivity contribution in [2.75, 3.05) is 19.0 Å². The molecule has 1 aromatic heterocycles. The number of hydrogen-bond acceptors (Lipinski definition) is 10. The van der Waals surface area contributed by atoms with Gasteiger partial charge in [-0.2, -0.15) is 0 Å². The summed E-state index contributed by atoms with van der Waals surface area (Å²) in [6.07, 6.45) is 3.82. The number of aryl methyl sites for hydroxylation is 2. The van der Waals surface area contributed by atoms with Crippen LogP contribution < -0.4 is 14.8 Å². The topological polar surface area (TPSA) is 162 Å². The lowest BCUT2D eigenvalue weighted by molar-refractivity contribution is -0.126. The highest BCUT2D eigenvalue weighted by molar-refractivity contribution is 5.87. The van der Waals surface area contributed by atoms with Crippen LogP contribution in [0.2, 0.25) is 0 Å². The molecule has 6 N–H and O–H groups in total. The molecule has 4 aromatic carbocycles. The van der Waals surface area contributed by atoms with E-state index in [9.17, 15) is 30.3 Å². The van der Waals surface area contributed by atoms with Gasteiger partial charge in [0.2, 0.25) is 5.75 Å². The van der Waals surface area contributed by atoms with Crippen molar-refractivity contribution in [1.29, 1.82) is 0 Å². The lowest BCUT2D eigenvalue weighted by Gasteiger charge is -2.23. The number of ether oxygens (including phenoxy) is 2. The maximum Gasteiger partial charge on any atom is 0.200 e. The van der Waals surface area contributed by atoms with E-state index in [1.165, 1.54) is 13.2 Å². The summed E-state index contributed by atoms with van der Waals surface area (Å²) in [7, 11) is 1.47. The van der Waals surface area contributed by atoms with E-state index >= 15 is 0 Å². The quantitative estimate of drug-likeness (QED) is 0.0389. The Labute approximate surface area is 304 Å². The third-order valence-electron chi connectivity index (χ3n) is 9.19. The van der Waals surface area contributed by atoms with Gasteiger partial charge in [0, 0.05) is 24.2 Å². The Hall–Kier alpha value is -5.48. The zero-order valence-electron chi connectivity index (χ0n) is 29.9. The van der Waals surface area contributed by atoms with Gasteiger partial charge in [-0.15, -0.1) is 0 Å². The number of nitrogens with one attached hydrogen (secondary N) is 1. The van der Waals surface area contributed by atoms with E-state index in [2.05, 4.69) is 24.1 Å². The molecule has 0 bridgehead atoms. The van der Waals surface area contributed by atoms with Crippen LogP contribution in [0.1, 0.15) is 56.2 Å². The van der Waals surface area contributed by atoms with Crippen molar-refractivity contribution < 1.29 is 39.8 Å². The molecule has 0 radical (unpaired) electrons. The highest BCUT2D eigenvalue weighted by atomic mass is 16.5. The molecule has 0 aliphatic carbocycles. The minimum atomic E-state index is -0.984. The summed E-state index contributed by atoms with van der Waals surface area (Å²) in [6, 6.07) is 22.7. The Morgan fingerprint density at radius 2 is 1.56 bits per heavy atom. The second kappa shape index (κ2) is 17.6. The number of carbonyl (C=O) groups is 1. The molecular weight excluding hydrogens is 660 g/mol. The Morgan fingerprint density at radius 1 is 0.788 bits per heavy atom. The molecule has 0 amide bonds. The van der Waals surface area contributed by atoms with Crippen LogP contribution in [0.5, 0.6) is 34.5 Å². The fraction of sp³-hybridized carbons (Fsp3) is 0.333. The van der Waals surface area contributed by atoms with Gasteiger partial charge in [0.15, 0.2) is 23.0 Å². The van der Waals surface area contributed by atoms with Crippen molar-refractivity contribution in [1.82, 2.24) is 4.98 Å². The number of aliphatic hydroxyl groups excluding tert-OH is 1. The Morgan fingerprint density at radius 3 is 2.35 bits per heavy atom. The molecule has 10 heteroatoms. The minimum Gasteiger partial charge on any atom is -0.508 e. The van der Waals surface area contributed by atoms with Crippen molar-refractivity contribution in [3.8, 4) is 34.5 Å². The molecule has 0 saturated carbocycles. The van der Waals surface area contributed by atoms with Crippen LogP contribution in [0, 0.1) is 11.8 Å². The van der Waals surface area contributed by atoms with E-state index in [1.54, 1.807) is 42.6 Å².